The van der Waals surface area contributed by atoms with Gasteiger partial charge in [-0.2, -0.15) is 5.10 Å². The van der Waals surface area contributed by atoms with Crippen LogP contribution in [0, 0.1) is 17.5 Å². The van der Waals surface area contributed by atoms with Crippen LogP contribution in [0.3, 0.4) is 0 Å². The maximum atomic E-state index is 15.0. The quantitative estimate of drug-likeness (QED) is 0.212. The van der Waals surface area contributed by atoms with Gasteiger partial charge in [0.05, 0.1) is 17.1 Å². The van der Waals surface area contributed by atoms with Crippen molar-refractivity contribution in [3.05, 3.63) is 89.6 Å². The maximum Gasteiger partial charge on any atom is 0.324 e. The van der Waals surface area contributed by atoms with E-state index in [1.807, 2.05) is 20.8 Å². The molecule has 0 radical (unpaired) electrons. The Morgan fingerprint density at radius 2 is 1.60 bits per heavy atom. The van der Waals surface area contributed by atoms with Crippen molar-refractivity contribution in [2.24, 2.45) is 0 Å². The SMILES string of the molecule is CC(C)(C)c1cc(NC(=O)Nc2ccc(Oc3ccnc(C(=O)NC4CCCC4)c3)cc2F)n(-c2cc(F)cc(F)c2)n1. The summed E-state index contributed by atoms with van der Waals surface area (Å²) in [5.74, 6) is -2.14. The third-order valence-corrected chi connectivity index (χ3v) is 6.89. The van der Waals surface area contributed by atoms with E-state index in [0.29, 0.717) is 11.4 Å². The van der Waals surface area contributed by atoms with Crippen molar-refractivity contribution >= 4 is 23.4 Å². The molecule has 9 nitrogen and oxygen atoms in total. The number of pyridine rings is 1. The molecule has 12 heteroatoms. The predicted octanol–water partition coefficient (Wildman–Crippen LogP) is 7.09. The van der Waals surface area contributed by atoms with Crippen LogP contribution >= 0.6 is 0 Å². The molecule has 224 valence electrons. The highest BCUT2D eigenvalue weighted by atomic mass is 19.1. The van der Waals surface area contributed by atoms with Crippen LogP contribution in [0.15, 0.2) is 60.8 Å². The third kappa shape index (κ3) is 7.32. The molecule has 5 rings (SSSR count). The number of hydrogen-bond donors (Lipinski definition) is 3. The Hall–Kier alpha value is -4.87. The number of anilines is 2. The summed E-state index contributed by atoms with van der Waals surface area (Å²) in [7, 11) is 0. The zero-order chi connectivity index (χ0) is 30.7. The monoisotopic (exact) mass is 592 g/mol. The first kappa shape index (κ1) is 29.6. The molecule has 1 aliphatic rings. The number of aromatic nitrogens is 3. The molecular weight excluding hydrogens is 561 g/mol. The predicted molar refractivity (Wildman–Crippen MR) is 155 cm³/mol. The van der Waals surface area contributed by atoms with E-state index in [0.717, 1.165) is 49.9 Å². The van der Waals surface area contributed by atoms with Crippen molar-refractivity contribution < 1.29 is 27.5 Å². The Morgan fingerprint density at radius 3 is 2.28 bits per heavy atom. The lowest BCUT2D eigenvalue weighted by molar-refractivity contribution is 0.0932. The topological polar surface area (TPSA) is 110 Å². The van der Waals surface area contributed by atoms with Crippen molar-refractivity contribution in [1.82, 2.24) is 20.1 Å². The molecule has 2 heterocycles. The van der Waals surface area contributed by atoms with E-state index in [-0.39, 0.29) is 40.6 Å². The van der Waals surface area contributed by atoms with Crippen LogP contribution in [0.4, 0.5) is 29.5 Å². The first-order valence-corrected chi connectivity index (χ1v) is 13.8. The van der Waals surface area contributed by atoms with Gasteiger partial charge < -0.3 is 15.4 Å². The van der Waals surface area contributed by atoms with Crippen molar-refractivity contribution in [2.75, 3.05) is 10.6 Å². The van der Waals surface area contributed by atoms with Gasteiger partial charge >= 0.3 is 6.03 Å². The van der Waals surface area contributed by atoms with Gasteiger partial charge in [-0.05, 0) is 43.2 Å². The maximum absolute atomic E-state index is 15.0. The first-order chi connectivity index (χ1) is 20.4. The van der Waals surface area contributed by atoms with Crippen LogP contribution in [0.1, 0.15) is 62.6 Å². The van der Waals surface area contributed by atoms with Gasteiger partial charge in [-0.25, -0.2) is 22.6 Å². The molecule has 0 bridgehead atoms. The van der Waals surface area contributed by atoms with Crippen molar-refractivity contribution in [2.45, 2.75) is 57.9 Å². The smallest absolute Gasteiger partial charge is 0.324 e. The number of carbonyl (C=O) groups excluding carboxylic acids is 2. The largest absolute Gasteiger partial charge is 0.457 e. The number of hydrogen-bond acceptors (Lipinski definition) is 5. The van der Waals surface area contributed by atoms with Crippen molar-refractivity contribution in [3.8, 4) is 17.2 Å². The molecule has 0 spiro atoms. The highest BCUT2D eigenvalue weighted by Crippen LogP contribution is 2.29. The number of ether oxygens (including phenoxy) is 1. The van der Waals surface area contributed by atoms with Crippen LogP contribution < -0.4 is 20.7 Å². The summed E-state index contributed by atoms with van der Waals surface area (Å²) < 4.78 is 49.8. The van der Waals surface area contributed by atoms with E-state index < -0.39 is 28.9 Å². The molecule has 3 N–H and O–H groups in total. The minimum Gasteiger partial charge on any atom is -0.457 e. The number of urea groups is 1. The summed E-state index contributed by atoms with van der Waals surface area (Å²) in [6.45, 7) is 5.69. The van der Waals surface area contributed by atoms with Gasteiger partial charge in [-0.3, -0.25) is 15.1 Å². The standard InChI is InChI=1S/C31H31F3N6O3/c1-31(2,3)27-17-28(40(39-27)21-13-18(32)12-19(33)14-21)38-30(42)37-25-9-8-22(15-24(25)34)43-23-10-11-35-26(16-23)29(41)36-20-6-4-5-7-20/h8-17,20H,4-7H2,1-3H3,(H,36,41)(H2,37,38,42). The van der Waals surface area contributed by atoms with Gasteiger partial charge in [0.25, 0.3) is 5.91 Å². The van der Waals surface area contributed by atoms with Gasteiger partial charge in [0.2, 0.25) is 0 Å². The van der Waals surface area contributed by atoms with Gasteiger partial charge in [0, 0.05) is 41.9 Å². The molecule has 0 atom stereocenters. The normalized spacial score (nSPS) is 13.5. The summed E-state index contributed by atoms with van der Waals surface area (Å²) in [6.07, 6.45) is 5.48. The van der Waals surface area contributed by atoms with Gasteiger partial charge in [-0.1, -0.05) is 33.6 Å². The number of halogens is 3. The molecule has 0 aliphatic heterocycles. The molecule has 2 aromatic carbocycles. The molecular formula is C31H31F3N6O3. The highest BCUT2D eigenvalue weighted by Gasteiger charge is 2.23. The number of nitrogens with zero attached hydrogens (tertiary/aromatic N) is 3. The Bertz CT molecular complexity index is 1640. The van der Waals surface area contributed by atoms with E-state index >= 15 is 0 Å². The Kier molecular flexibility index (Phi) is 8.38. The number of rotatable bonds is 7. The second kappa shape index (κ2) is 12.2. The van der Waals surface area contributed by atoms with E-state index in [1.165, 1.54) is 29.1 Å². The lowest BCUT2D eigenvalue weighted by Crippen LogP contribution is -2.33. The molecule has 1 aliphatic carbocycles. The van der Waals surface area contributed by atoms with E-state index in [4.69, 9.17) is 4.74 Å². The second-order valence-electron chi connectivity index (χ2n) is 11.4. The highest BCUT2D eigenvalue weighted by molar-refractivity contribution is 5.99. The molecule has 4 aromatic rings. The fraction of sp³-hybridized carbons (Fsp3) is 0.290. The molecule has 2 aromatic heterocycles. The van der Waals surface area contributed by atoms with Crippen molar-refractivity contribution in [3.63, 3.8) is 0 Å². The van der Waals surface area contributed by atoms with Gasteiger partial charge in [-0.15, -0.1) is 0 Å². The fourth-order valence-electron chi connectivity index (χ4n) is 4.69. The van der Waals surface area contributed by atoms with Crippen LogP contribution in [-0.2, 0) is 5.41 Å². The first-order valence-electron chi connectivity index (χ1n) is 13.8. The van der Waals surface area contributed by atoms with Crippen LogP contribution in [0.2, 0.25) is 0 Å². The lowest BCUT2D eigenvalue weighted by Gasteiger charge is -2.14. The molecule has 0 saturated heterocycles. The zero-order valence-electron chi connectivity index (χ0n) is 23.9. The Balaban J connectivity index is 1.28. The zero-order valence-corrected chi connectivity index (χ0v) is 23.9. The average Bonchev–Trinajstić information content (AvgIpc) is 3.60. The molecule has 1 fully saturated rings. The summed E-state index contributed by atoms with van der Waals surface area (Å²) in [4.78, 5) is 29.5. The fourth-order valence-corrected chi connectivity index (χ4v) is 4.69. The number of benzene rings is 2. The minimum absolute atomic E-state index is 0.0614. The number of amides is 3. The number of nitrogens with one attached hydrogen (secondary N) is 3. The third-order valence-electron chi connectivity index (χ3n) is 6.89. The Labute approximate surface area is 246 Å². The lowest BCUT2D eigenvalue weighted by atomic mass is 9.92. The second-order valence-corrected chi connectivity index (χ2v) is 11.4. The summed E-state index contributed by atoms with van der Waals surface area (Å²) in [5, 5.41) is 12.4. The molecule has 0 unspecified atom stereocenters. The summed E-state index contributed by atoms with van der Waals surface area (Å²) in [6, 6.07) is 10.7. The number of carbonyl (C=O) groups is 2. The van der Waals surface area contributed by atoms with Gasteiger partial charge in [0.15, 0.2) is 0 Å². The average molecular weight is 593 g/mol. The van der Waals surface area contributed by atoms with Crippen LogP contribution in [0.25, 0.3) is 5.69 Å². The molecule has 43 heavy (non-hydrogen) atoms. The van der Waals surface area contributed by atoms with Crippen LogP contribution in [-0.4, -0.2) is 32.7 Å². The van der Waals surface area contributed by atoms with Crippen molar-refractivity contribution in [1.29, 1.82) is 0 Å². The molecule has 3 amide bonds. The molecule has 1 saturated carbocycles. The van der Waals surface area contributed by atoms with E-state index in [9.17, 15) is 22.8 Å². The van der Waals surface area contributed by atoms with E-state index in [1.54, 1.807) is 12.1 Å². The van der Waals surface area contributed by atoms with E-state index in [2.05, 4.69) is 26.0 Å². The summed E-state index contributed by atoms with van der Waals surface area (Å²) >= 11 is 0. The summed E-state index contributed by atoms with van der Waals surface area (Å²) in [5.41, 5.74) is 0.216. The van der Waals surface area contributed by atoms with Crippen LogP contribution in [0.5, 0.6) is 11.5 Å². The van der Waals surface area contributed by atoms with Gasteiger partial charge in [0.1, 0.15) is 40.5 Å². The Morgan fingerprint density at radius 1 is 0.907 bits per heavy atom. The minimum atomic E-state index is -0.807.